The van der Waals surface area contributed by atoms with Crippen LogP contribution in [0.1, 0.15) is 18.7 Å². The zero-order valence-corrected chi connectivity index (χ0v) is 14.0. The Labute approximate surface area is 140 Å². The molecule has 2 aromatic rings. The Hall–Kier alpha value is -2.64. The molecule has 1 aliphatic heterocycles. The van der Waals surface area contributed by atoms with Crippen LogP contribution in [0.5, 0.6) is 5.75 Å². The second kappa shape index (κ2) is 7.29. The van der Waals surface area contributed by atoms with Crippen molar-refractivity contribution in [2.45, 2.75) is 25.4 Å². The van der Waals surface area contributed by atoms with Gasteiger partial charge < -0.3 is 14.5 Å². The summed E-state index contributed by atoms with van der Waals surface area (Å²) in [6.07, 6.45) is 5.04. The first-order valence-electron chi connectivity index (χ1n) is 8.04. The van der Waals surface area contributed by atoms with Crippen molar-refractivity contribution in [2.75, 3.05) is 32.1 Å². The standard InChI is InChI=1S/C16H22N6O2/c1-21(2)16-13(4-3-8-17-16)24-12-7-9-22(10-12)15(23)6-5-14-18-11-19-20-14/h3-4,8,11-12H,5-7,9-10H2,1-2H3,(H,18,19,20)/t12-/m0/s1. The van der Waals surface area contributed by atoms with Crippen LogP contribution < -0.4 is 9.64 Å². The highest BCUT2D eigenvalue weighted by Gasteiger charge is 2.28. The lowest BCUT2D eigenvalue weighted by Gasteiger charge is -2.20. The first kappa shape index (κ1) is 16.2. The van der Waals surface area contributed by atoms with Gasteiger partial charge in [0.1, 0.15) is 18.3 Å². The molecule has 0 bridgehead atoms. The number of pyridine rings is 1. The number of hydrogen-bond acceptors (Lipinski definition) is 6. The van der Waals surface area contributed by atoms with Crippen molar-refractivity contribution < 1.29 is 9.53 Å². The molecule has 1 amide bonds. The van der Waals surface area contributed by atoms with Gasteiger partial charge in [0.15, 0.2) is 11.6 Å². The molecule has 8 heteroatoms. The quantitative estimate of drug-likeness (QED) is 0.846. The van der Waals surface area contributed by atoms with Crippen LogP contribution in [0.25, 0.3) is 0 Å². The van der Waals surface area contributed by atoms with Crippen molar-refractivity contribution in [3.05, 3.63) is 30.5 Å². The lowest BCUT2D eigenvalue weighted by atomic mass is 10.2. The number of H-pyrrole nitrogens is 1. The molecule has 1 saturated heterocycles. The zero-order chi connectivity index (χ0) is 16.9. The summed E-state index contributed by atoms with van der Waals surface area (Å²) in [5.41, 5.74) is 0. The molecular formula is C16H22N6O2. The number of carbonyl (C=O) groups is 1. The number of amides is 1. The molecule has 24 heavy (non-hydrogen) atoms. The molecule has 0 unspecified atom stereocenters. The van der Waals surface area contributed by atoms with Crippen LogP contribution in [0.3, 0.4) is 0 Å². The molecule has 0 aromatic carbocycles. The molecule has 0 saturated carbocycles. The maximum atomic E-state index is 12.3. The number of aryl methyl sites for hydroxylation is 1. The second-order valence-corrected chi connectivity index (χ2v) is 6.02. The first-order chi connectivity index (χ1) is 11.6. The Kier molecular flexibility index (Phi) is 4.93. The SMILES string of the molecule is CN(C)c1ncccc1O[C@H]1CCN(C(=O)CCc2ncn[nH]2)C1. The zero-order valence-electron chi connectivity index (χ0n) is 14.0. The molecule has 128 valence electrons. The number of nitrogens with one attached hydrogen (secondary N) is 1. The van der Waals surface area contributed by atoms with E-state index in [4.69, 9.17) is 4.74 Å². The number of aromatic amines is 1. The number of hydrogen-bond donors (Lipinski definition) is 1. The minimum Gasteiger partial charge on any atom is -0.485 e. The molecule has 1 atom stereocenters. The number of nitrogens with zero attached hydrogens (tertiary/aromatic N) is 5. The van der Waals surface area contributed by atoms with Crippen LogP contribution >= 0.6 is 0 Å². The number of anilines is 1. The summed E-state index contributed by atoms with van der Waals surface area (Å²) in [5, 5.41) is 6.56. The first-order valence-corrected chi connectivity index (χ1v) is 8.04. The highest BCUT2D eigenvalue weighted by atomic mass is 16.5. The average molecular weight is 330 g/mol. The highest BCUT2D eigenvalue weighted by molar-refractivity contribution is 5.76. The maximum absolute atomic E-state index is 12.3. The number of rotatable bonds is 6. The summed E-state index contributed by atoms with van der Waals surface area (Å²) in [6.45, 7) is 1.33. The Morgan fingerprint density at radius 2 is 2.33 bits per heavy atom. The lowest BCUT2D eigenvalue weighted by Crippen LogP contribution is -2.31. The van der Waals surface area contributed by atoms with E-state index in [1.165, 1.54) is 6.33 Å². The molecule has 0 radical (unpaired) electrons. The predicted octanol–water partition coefficient (Wildman–Crippen LogP) is 0.878. The average Bonchev–Trinajstić information content (AvgIpc) is 3.24. The molecule has 1 N–H and O–H groups in total. The van der Waals surface area contributed by atoms with Crippen LogP contribution in [0.2, 0.25) is 0 Å². The molecule has 0 spiro atoms. The summed E-state index contributed by atoms with van der Waals surface area (Å²) in [5.74, 6) is 2.41. The van der Waals surface area contributed by atoms with Gasteiger partial charge in [0.2, 0.25) is 5.91 Å². The van der Waals surface area contributed by atoms with Gasteiger partial charge in [-0.15, -0.1) is 0 Å². The van der Waals surface area contributed by atoms with Crippen LogP contribution in [0.15, 0.2) is 24.7 Å². The maximum Gasteiger partial charge on any atom is 0.223 e. The van der Waals surface area contributed by atoms with Crippen LogP contribution in [0.4, 0.5) is 5.82 Å². The number of carbonyl (C=O) groups excluding carboxylic acids is 1. The van der Waals surface area contributed by atoms with E-state index in [1.54, 1.807) is 6.20 Å². The summed E-state index contributed by atoms with van der Waals surface area (Å²) in [4.78, 5) is 24.5. The Morgan fingerprint density at radius 3 is 3.08 bits per heavy atom. The van der Waals surface area contributed by atoms with Crippen molar-refractivity contribution >= 4 is 11.7 Å². The third-order valence-electron chi connectivity index (χ3n) is 4.01. The van der Waals surface area contributed by atoms with Gasteiger partial charge in [0.05, 0.1) is 6.54 Å². The molecule has 0 aliphatic carbocycles. The van der Waals surface area contributed by atoms with E-state index in [0.29, 0.717) is 19.4 Å². The summed E-state index contributed by atoms with van der Waals surface area (Å²) >= 11 is 0. The van der Waals surface area contributed by atoms with Crippen LogP contribution in [-0.4, -0.2) is 64.3 Å². The Bertz CT molecular complexity index is 673. The van der Waals surface area contributed by atoms with E-state index < -0.39 is 0 Å². The van der Waals surface area contributed by atoms with Crippen molar-refractivity contribution in [1.82, 2.24) is 25.1 Å². The van der Waals surface area contributed by atoms with Crippen LogP contribution in [-0.2, 0) is 11.2 Å². The Balaban J connectivity index is 1.53. The molecule has 3 rings (SSSR count). The smallest absolute Gasteiger partial charge is 0.223 e. The van der Waals surface area contributed by atoms with Gasteiger partial charge in [0.25, 0.3) is 0 Å². The third-order valence-corrected chi connectivity index (χ3v) is 4.01. The molecular weight excluding hydrogens is 308 g/mol. The van der Waals surface area contributed by atoms with E-state index in [0.717, 1.165) is 30.4 Å². The number of aromatic nitrogens is 4. The molecule has 2 aromatic heterocycles. The largest absolute Gasteiger partial charge is 0.485 e. The second-order valence-electron chi connectivity index (χ2n) is 6.02. The van der Waals surface area contributed by atoms with E-state index >= 15 is 0 Å². The van der Waals surface area contributed by atoms with E-state index in [2.05, 4.69) is 20.2 Å². The monoisotopic (exact) mass is 330 g/mol. The summed E-state index contributed by atoms with van der Waals surface area (Å²) in [7, 11) is 3.87. The summed E-state index contributed by atoms with van der Waals surface area (Å²) in [6, 6.07) is 3.77. The van der Waals surface area contributed by atoms with Gasteiger partial charge in [-0.05, 0) is 12.1 Å². The third kappa shape index (κ3) is 3.81. The number of likely N-dealkylation sites (tertiary alicyclic amines) is 1. The normalized spacial score (nSPS) is 17.1. The van der Waals surface area contributed by atoms with Crippen molar-refractivity contribution in [3.8, 4) is 5.75 Å². The van der Waals surface area contributed by atoms with E-state index in [9.17, 15) is 4.79 Å². The summed E-state index contributed by atoms with van der Waals surface area (Å²) < 4.78 is 6.07. The lowest BCUT2D eigenvalue weighted by molar-refractivity contribution is -0.130. The van der Waals surface area contributed by atoms with Crippen molar-refractivity contribution in [1.29, 1.82) is 0 Å². The fourth-order valence-electron chi connectivity index (χ4n) is 2.78. The predicted molar refractivity (Wildman–Crippen MR) is 88.9 cm³/mol. The Morgan fingerprint density at radius 1 is 1.46 bits per heavy atom. The molecule has 1 fully saturated rings. The fourth-order valence-corrected chi connectivity index (χ4v) is 2.78. The van der Waals surface area contributed by atoms with Crippen molar-refractivity contribution in [2.24, 2.45) is 0 Å². The topological polar surface area (TPSA) is 87.2 Å². The molecule has 3 heterocycles. The van der Waals surface area contributed by atoms with Gasteiger partial charge in [-0.1, -0.05) is 0 Å². The van der Waals surface area contributed by atoms with Gasteiger partial charge in [-0.2, -0.15) is 5.10 Å². The highest BCUT2D eigenvalue weighted by Crippen LogP contribution is 2.26. The van der Waals surface area contributed by atoms with E-state index in [1.807, 2.05) is 36.0 Å². The van der Waals surface area contributed by atoms with Gasteiger partial charge in [0, 0.05) is 46.1 Å². The number of ether oxygens (including phenoxy) is 1. The minimum absolute atomic E-state index is 0.00197. The van der Waals surface area contributed by atoms with E-state index in [-0.39, 0.29) is 12.0 Å². The van der Waals surface area contributed by atoms with Gasteiger partial charge in [-0.25, -0.2) is 9.97 Å². The van der Waals surface area contributed by atoms with Gasteiger partial charge >= 0.3 is 0 Å². The molecule has 1 aliphatic rings. The van der Waals surface area contributed by atoms with Crippen LogP contribution in [0, 0.1) is 0 Å². The molecule has 8 nitrogen and oxygen atoms in total. The van der Waals surface area contributed by atoms with Crippen molar-refractivity contribution in [3.63, 3.8) is 0 Å². The van der Waals surface area contributed by atoms with Gasteiger partial charge in [-0.3, -0.25) is 9.89 Å². The minimum atomic E-state index is 0.00197. The fraction of sp³-hybridized carbons (Fsp3) is 0.500.